The molecule has 1 aliphatic rings. The summed E-state index contributed by atoms with van der Waals surface area (Å²) >= 11 is 1.77. The van der Waals surface area contributed by atoms with Crippen LogP contribution in [0.15, 0.2) is 16.8 Å². The van der Waals surface area contributed by atoms with E-state index < -0.39 is 0 Å². The van der Waals surface area contributed by atoms with Crippen molar-refractivity contribution in [1.82, 2.24) is 4.90 Å². The summed E-state index contributed by atoms with van der Waals surface area (Å²) in [4.78, 5) is 2.58. The molecule has 0 aromatic carbocycles. The molecule has 1 fully saturated rings. The van der Waals surface area contributed by atoms with Crippen LogP contribution in [-0.2, 0) is 6.54 Å². The van der Waals surface area contributed by atoms with Crippen LogP contribution >= 0.6 is 11.3 Å². The summed E-state index contributed by atoms with van der Waals surface area (Å²) in [5.74, 6) is 0. The van der Waals surface area contributed by atoms with Gasteiger partial charge in [0.1, 0.15) is 0 Å². The van der Waals surface area contributed by atoms with E-state index in [0.29, 0.717) is 6.61 Å². The molecule has 0 aliphatic heterocycles. The van der Waals surface area contributed by atoms with Crippen LogP contribution in [0.3, 0.4) is 0 Å². The molecule has 1 unspecified atom stereocenters. The van der Waals surface area contributed by atoms with Crippen molar-refractivity contribution < 1.29 is 5.11 Å². The van der Waals surface area contributed by atoms with E-state index in [2.05, 4.69) is 35.6 Å². The summed E-state index contributed by atoms with van der Waals surface area (Å²) in [5.41, 5.74) is 1.48. The van der Waals surface area contributed by atoms with Gasteiger partial charge < -0.3 is 5.11 Å². The smallest absolute Gasteiger partial charge is 0.0497 e. The summed E-state index contributed by atoms with van der Waals surface area (Å²) in [5, 5.41) is 14.1. The summed E-state index contributed by atoms with van der Waals surface area (Å²) in [7, 11) is 0. The second-order valence-corrected chi connectivity index (χ2v) is 6.77. The van der Waals surface area contributed by atoms with E-state index in [-0.39, 0.29) is 5.41 Å². The van der Waals surface area contributed by atoms with Crippen LogP contribution < -0.4 is 0 Å². The second kappa shape index (κ2) is 6.18. The third kappa shape index (κ3) is 3.81. The van der Waals surface area contributed by atoms with Gasteiger partial charge in [-0.25, -0.2) is 0 Å². The van der Waals surface area contributed by atoms with E-state index in [1.165, 1.54) is 18.4 Å². The molecule has 1 aromatic heterocycles. The summed E-state index contributed by atoms with van der Waals surface area (Å²) in [6, 6.07) is 2.98. The summed E-state index contributed by atoms with van der Waals surface area (Å²) in [6.45, 7) is 6.80. The number of aliphatic hydroxyl groups excluding tert-OH is 1. The van der Waals surface area contributed by atoms with Crippen molar-refractivity contribution in [2.75, 3.05) is 13.2 Å². The largest absolute Gasteiger partial charge is 0.396 e. The minimum atomic E-state index is 0.0629. The zero-order chi connectivity index (χ0) is 13.0. The van der Waals surface area contributed by atoms with Crippen molar-refractivity contribution in [1.29, 1.82) is 0 Å². The van der Waals surface area contributed by atoms with E-state index in [4.69, 9.17) is 0 Å². The van der Waals surface area contributed by atoms with Crippen molar-refractivity contribution in [2.45, 2.75) is 52.1 Å². The van der Waals surface area contributed by atoms with E-state index in [1.807, 2.05) is 0 Å². The monoisotopic (exact) mass is 267 g/mol. The van der Waals surface area contributed by atoms with E-state index in [9.17, 15) is 5.11 Å². The Balaban J connectivity index is 1.97. The van der Waals surface area contributed by atoms with E-state index in [0.717, 1.165) is 32.0 Å². The van der Waals surface area contributed by atoms with Gasteiger partial charge in [-0.05, 0) is 41.7 Å². The SMILES string of the molecule is CCCC(C)(CO)CN(Cc1ccsc1)C1CC1. The van der Waals surface area contributed by atoms with Gasteiger partial charge in [-0.3, -0.25) is 4.90 Å². The second-order valence-electron chi connectivity index (χ2n) is 5.99. The number of hydrogen-bond donors (Lipinski definition) is 1. The first kappa shape index (κ1) is 14.0. The number of rotatable bonds is 8. The van der Waals surface area contributed by atoms with Gasteiger partial charge in [-0.2, -0.15) is 11.3 Å². The predicted octanol–water partition coefficient (Wildman–Crippen LogP) is 3.51. The Bertz CT molecular complexity index is 347. The molecule has 1 N–H and O–H groups in total. The van der Waals surface area contributed by atoms with Crippen LogP contribution in [0.5, 0.6) is 0 Å². The molecule has 0 radical (unpaired) electrons. The normalized spacial score (nSPS) is 19.1. The lowest BCUT2D eigenvalue weighted by Crippen LogP contribution is -2.39. The molecule has 0 saturated heterocycles. The fourth-order valence-corrected chi connectivity index (χ4v) is 3.33. The van der Waals surface area contributed by atoms with E-state index >= 15 is 0 Å². The maximum Gasteiger partial charge on any atom is 0.0497 e. The Morgan fingerprint density at radius 3 is 2.78 bits per heavy atom. The molecule has 0 spiro atoms. The van der Waals surface area contributed by atoms with Crippen LogP contribution in [0.2, 0.25) is 0 Å². The Hall–Kier alpha value is -0.380. The molecule has 2 rings (SSSR count). The minimum Gasteiger partial charge on any atom is -0.396 e. The summed E-state index contributed by atoms with van der Waals surface area (Å²) in [6.07, 6.45) is 4.92. The van der Waals surface area contributed by atoms with Crippen molar-refractivity contribution >= 4 is 11.3 Å². The van der Waals surface area contributed by atoms with Crippen molar-refractivity contribution in [3.63, 3.8) is 0 Å². The lowest BCUT2D eigenvalue weighted by molar-refractivity contribution is 0.0726. The molecule has 0 amide bonds. The molecular formula is C15H25NOS. The highest BCUT2D eigenvalue weighted by Crippen LogP contribution is 2.33. The lowest BCUT2D eigenvalue weighted by atomic mass is 9.86. The zero-order valence-electron chi connectivity index (χ0n) is 11.6. The van der Waals surface area contributed by atoms with Crippen molar-refractivity contribution in [3.05, 3.63) is 22.4 Å². The third-order valence-electron chi connectivity index (χ3n) is 3.85. The van der Waals surface area contributed by atoms with E-state index in [1.54, 1.807) is 11.3 Å². The molecule has 1 atom stereocenters. The standard InChI is InChI=1S/C15H25NOS/c1-3-7-15(2,12-17)11-16(14-4-5-14)9-13-6-8-18-10-13/h6,8,10,14,17H,3-5,7,9,11-12H2,1-2H3. The van der Waals surface area contributed by atoms with Crippen LogP contribution in [0.4, 0.5) is 0 Å². The van der Waals surface area contributed by atoms with Gasteiger partial charge in [0.15, 0.2) is 0 Å². The van der Waals surface area contributed by atoms with Crippen molar-refractivity contribution in [3.8, 4) is 0 Å². The highest BCUT2D eigenvalue weighted by atomic mass is 32.1. The average Bonchev–Trinajstić information content (AvgIpc) is 3.08. The number of nitrogens with zero attached hydrogens (tertiary/aromatic N) is 1. The number of aliphatic hydroxyl groups is 1. The van der Waals surface area contributed by atoms with Gasteiger partial charge in [0.2, 0.25) is 0 Å². The number of thiophene rings is 1. The first-order valence-corrected chi connectivity index (χ1v) is 7.97. The van der Waals surface area contributed by atoms with Gasteiger partial charge in [-0.1, -0.05) is 20.3 Å². The van der Waals surface area contributed by atoms with Gasteiger partial charge in [0, 0.05) is 31.2 Å². The molecule has 1 aromatic rings. The highest BCUT2D eigenvalue weighted by molar-refractivity contribution is 7.07. The zero-order valence-corrected chi connectivity index (χ0v) is 12.4. The molecule has 1 saturated carbocycles. The molecule has 0 bridgehead atoms. The minimum absolute atomic E-state index is 0.0629. The topological polar surface area (TPSA) is 23.5 Å². The molecule has 1 heterocycles. The lowest BCUT2D eigenvalue weighted by Gasteiger charge is -2.34. The fraction of sp³-hybridized carbons (Fsp3) is 0.733. The average molecular weight is 267 g/mol. The first-order valence-electron chi connectivity index (χ1n) is 7.03. The molecule has 2 nitrogen and oxygen atoms in total. The van der Waals surface area contributed by atoms with Crippen molar-refractivity contribution in [2.24, 2.45) is 5.41 Å². The molecule has 3 heteroatoms. The van der Waals surface area contributed by atoms with Gasteiger partial charge in [0.25, 0.3) is 0 Å². The summed E-state index contributed by atoms with van der Waals surface area (Å²) < 4.78 is 0. The first-order chi connectivity index (χ1) is 8.67. The Morgan fingerprint density at radius 2 is 2.28 bits per heavy atom. The molecular weight excluding hydrogens is 242 g/mol. The highest BCUT2D eigenvalue weighted by Gasteiger charge is 2.34. The molecule has 102 valence electrons. The third-order valence-corrected chi connectivity index (χ3v) is 4.58. The van der Waals surface area contributed by atoms with Gasteiger partial charge in [0.05, 0.1) is 0 Å². The molecule has 18 heavy (non-hydrogen) atoms. The molecule has 1 aliphatic carbocycles. The maximum absolute atomic E-state index is 9.67. The fourth-order valence-electron chi connectivity index (χ4n) is 2.67. The van der Waals surface area contributed by atoms with Crippen LogP contribution in [-0.4, -0.2) is 29.2 Å². The predicted molar refractivity (Wildman–Crippen MR) is 77.9 cm³/mol. The maximum atomic E-state index is 9.67. The Kier molecular flexibility index (Phi) is 4.82. The van der Waals surface area contributed by atoms with Gasteiger partial charge >= 0.3 is 0 Å². The van der Waals surface area contributed by atoms with Gasteiger partial charge in [-0.15, -0.1) is 0 Å². The van der Waals surface area contributed by atoms with Crippen LogP contribution in [0.25, 0.3) is 0 Å². The quantitative estimate of drug-likeness (QED) is 0.779. The van der Waals surface area contributed by atoms with Crippen LogP contribution in [0.1, 0.15) is 45.1 Å². The number of hydrogen-bond acceptors (Lipinski definition) is 3. The Morgan fingerprint density at radius 1 is 1.50 bits per heavy atom. The van der Waals surface area contributed by atoms with Crippen LogP contribution in [0, 0.1) is 5.41 Å². The Labute approximate surface area is 115 Å².